The average Bonchev–Trinajstić information content (AvgIpc) is 3.82. The lowest BCUT2D eigenvalue weighted by Crippen LogP contribution is -2.56. The number of sulfone groups is 2. The van der Waals surface area contributed by atoms with Gasteiger partial charge < -0.3 is 52.7 Å². The minimum absolute atomic E-state index is 0.0272. The molecular weight excluding hydrogens is 949 g/mol. The minimum Gasteiger partial charge on any atom is -0.506 e. The number of nitrogen functional groups attached to an aromatic ring is 1. The second-order valence-corrected chi connectivity index (χ2v) is 20.5. The lowest BCUT2D eigenvalue weighted by atomic mass is 10.0. The average molecular weight is 1000 g/mol. The fraction of sp³-hybridized carbons (Fsp3) is 0.304. The molecular formula is C46H52N10O12S2. The molecule has 1 aliphatic rings. The van der Waals surface area contributed by atoms with Crippen molar-refractivity contribution in [3.8, 4) is 17.2 Å². The van der Waals surface area contributed by atoms with Crippen LogP contribution in [0, 0.1) is 0 Å². The van der Waals surface area contributed by atoms with Crippen LogP contribution in [0.2, 0.25) is 0 Å². The highest BCUT2D eigenvalue weighted by Gasteiger charge is 2.38. The van der Waals surface area contributed by atoms with E-state index in [9.17, 15) is 56.4 Å². The summed E-state index contributed by atoms with van der Waals surface area (Å²) in [7, 11) is -7.59. The number of fused-ring (bicyclic) bond motifs is 1. The SMILES string of the molecule is CC(O)C(=O)NC(C)C(=O)N1CCCC1C(=O)NC(Cc1ccccc1)C(=O)NCCS(=O)(=O)c1ccc(/N=N/c2c(O)cc3cc(O)c(/N=N/c4ccc(S(=O)(=O)CCN)cc4)c(O)c3c2N)cc1. The molecule has 6 rings (SSSR count). The lowest BCUT2D eigenvalue weighted by molar-refractivity contribution is -0.142. The molecule has 0 aliphatic carbocycles. The zero-order valence-corrected chi connectivity index (χ0v) is 39.5. The van der Waals surface area contributed by atoms with Crippen molar-refractivity contribution in [2.75, 3.05) is 36.9 Å². The maximum absolute atomic E-state index is 13.6. The van der Waals surface area contributed by atoms with Crippen molar-refractivity contribution >= 4 is 82.5 Å². The Morgan fingerprint density at radius 3 is 1.89 bits per heavy atom. The first-order chi connectivity index (χ1) is 33.2. The van der Waals surface area contributed by atoms with Crippen LogP contribution >= 0.6 is 0 Å². The van der Waals surface area contributed by atoms with Gasteiger partial charge in [-0.15, -0.1) is 10.2 Å². The number of carbonyl (C=O) groups is 4. The number of aliphatic hydroxyl groups excluding tert-OH is 1. The first-order valence-electron chi connectivity index (χ1n) is 21.8. The number of nitrogens with one attached hydrogen (secondary N) is 3. The number of azo groups is 2. The van der Waals surface area contributed by atoms with Crippen molar-refractivity contribution in [2.24, 2.45) is 26.2 Å². The Bertz CT molecular complexity index is 3050. The predicted molar refractivity (Wildman–Crippen MR) is 257 cm³/mol. The summed E-state index contributed by atoms with van der Waals surface area (Å²) in [5.41, 5.74) is 11.8. The van der Waals surface area contributed by atoms with E-state index in [1.807, 2.05) is 0 Å². The maximum Gasteiger partial charge on any atom is 0.249 e. The van der Waals surface area contributed by atoms with E-state index in [0.29, 0.717) is 18.4 Å². The number of rotatable bonds is 19. The summed E-state index contributed by atoms with van der Waals surface area (Å²) in [5.74, 6) is -4.93. The van der Waals surface area contributed by atoms with Gasteiger partial charge in [0.1, 0.15) is 35.7 Å². The summed E-state index contributed by atoms with van der Waals surface area (Å²) >= 11 is 0. The van der Waals surface area contributed by atoms with Crippen molar-refractivity contribution in [3.05, 3.63) is 96.6 Å². The molecule has 370 valence electrons. The molecule has 4 unspecified atom stereocenters. The van der Waals surface area contributed by atoms with Gasteiger partial charge in [0, 0.05) is 26.1 Å². The minimum atomic E-state index is -4.00. The van der Waals surface area contributed by atoms with Gasteiger partial charge in [0.05, 0.1) is 43.7 Å². The Morgan fingerprint density at radius 2 is 1.31 bits per heavy atom. The van der Waals surface area contributed by atoms with Crippen LogP contribution in [0.5, 0.6) is 17.2 Å². The number of anilines is 1. The number of phenols is 3. The largest absolute Gasteiger partial charge is 0.506 e. The lowest BCUT2D eigenvalue weighted by Gasteiger charge is -2.29. The molecule has 4 atom stereocenters. The third kappa shape index (κ3) is 12.4. The zero-order chi connectivity index (χ0) is 50.9. The van der Waals surface area contributed by atoms with Crippen LogP contribution in [0.3, 0.4) is 0 Å². The number of aromatic hydroxyl groups is 3. The molecule has 22 nitrogen and oxygen atoms in total. The van der Waals surface area contributed by atoms with Crippen LogP contribution in [0.1, 0.15) is 32.3 Å². The standard InChI is InChI=1S/C46H52N10O12S2/c1-26(50-43(61)27(2)57)46(64)56-20-6-9-35(56)45(63)51-34(23-28-7-4-3-5-8-28)44(62)49-19-22-70(67,68)33-16-12-30(13-17-33)52-54-40-36(58)24-29-25-37(59)41(42(60)38(29)39(40)48)55-53-31-10-14-32(15-11-31)69(65,66)21-18-47/h3-5,7-8,10-17,24-27,34-35,57-60H,6,9,18-23,47-48H2,1-2H3,(H,49,62)(H,50,61)(H,51,63)/b54-52+,55-53+. The first kappa shape index (κ1) is 51.8. The molecule has 70 heavy (non-hydrogen) atoms. The van der Waals surface area contributed by atoms with Gasteiger partial charge in [-0.2, -0.15) is 10.2 Å². The molecule has 1 heterocycles. The van der Waals surface area contributed by atoms with E-state index in [2.05, 4.69) is 36.4 Å². The molecule has 1 saturated heterocycles. The highest BCUT2D eigenvalue weighted by Crippen LogP contribution is 2.50. The topological polar surface area (TPSA) is 358 Å². The Hall–Kier alpha value is -7.54. The van der Waals surface area contributed by atoms with Crippen LogP contribution < -0.4 is 27.4 Å². The molecule has 1 fully saturated rings. The molecule has 5 aromatic rings. The number of carbonyl (C=O) groups excluding carboxylic acids is 4. The van der Waals surface area contributed by atoms with E-state index >= 15 is 0 Å². The normalized spacial score (nSPS) is 15.5. The van der Waals surface area contributed by atoms with Gasteiger partial charge in [-0.25, -0.2) is 16.8 Å². The summed E-state index contributed by atoms with van der Waals surface area (Å²) in [4.78, 5) is 53.7. The number of nitrogens with two attached hydrogens (primary N) is 2. The number of aliphatic hydroxyl groups is 1. The van der Waals surface area contributed by atoms with Crippen LogP contribution in [0.15, 0.2) is 121 Å². The van der Waals surface area contributed by atoms with E-state index < -0.39 is 96.2 Å². The van der Waals surface area contributed by atoms with Gasteiger partial charge >= 0.3 is 0 Å². The summed E-state index contributed by atoms with van der Waals surface area (Å²) in [6.07, 6.45) is -0.504. The third-order valence-corrected chi connectivity index (χ3v) is 14.7. The number of hydrogen-bond acceptors (Lipinski definition) is 18. The Balaban J connectivity index is 1.11. The molecule has 0 radical (unpaired) electrons. The Labute approximate surface area is 402 Å². The molecule has 5 aromatic carbocycles. The van der Waals surface area contributed by atoms with Gasteiger partial charge in [-0.1, -0.05) is 30.3 Å². The molecule has 0 aromatic heterocycles. The highest BCUT2D eigenvalue weighted by molar-refractivity contribution is 7.91. The Morgan fingerprint density at radius 1 is 0.757 bits per heavy atom. The van der Waals surface area contributed by atoms with Gasteiger partial charge in [0.25, 0.3) is 0 Å². The number of phenolic OH excluding ortho intramolecular Hbond substituents is 3. The van der Waals surface area contributed by atoms with E-state index in [1.54, 1.807) is 30.3 Å². The maximum atomic E-state index is 13.6. The van der Waals surface area contributed by atoms with Crippen LogP contribution in [-0.2, 0) is 45.3 Å². The van der Waals surface area contributed by atoms with Gasteiger partial charge in [0.15, 0.2) is 36.8 Å². The summed E-state index contributed by atoms with van der Waals surface area (Å²) in [6.45, 7) is 2.54. The second kappa shape index (κ2) is 22.3. The van der Waals surface area contributed by atoms with E-state index in [1.165, 1.54) is 79.4 Å². The smallest absolute Gasteiger partial charge is 0.249 e. The number of likely N-dealkylation sites (tertiary alicyclic amines) is 1. The predicted octanol–water partition coefficient (Wildman–Crippen LogP) is 3.60. The van der Waals surface area contributed by atoms with E-state index in [-0.39, 0.29) is 75.1 Å². The number of amides is 4. The van der Waals surface area contributed by atoms with Crippen molar-refractivity contribution in [1.29, 1.82) is 0 Å². The van der Waals surface area contributed by atoms with Gasteiger partial charge in [-0.05, 0) is 98.3 Å². The molecule has 0 spiro atoms. The summed E-state index contributed by atoms with van der Waals surface area (Å²) < 4.78 is 51.4. The molecule has 24 heteroatoms. The second-order valence-electron chi connectivity index (χ2n) is 16.3. The number of hydrogen-bond donors (Lipinski definition) is 9. The van der Waals surface area contributed by atoms with E-state index in [4.69, 9.17) is 11.5 Å². The third-order valence-electron chi connectivity index (χ3n) is 11.2. The Kier molecular flexibility index (Phi) is 16.5. The van der Waals surface area contributed by atoms with Crippen molar-refractivity contribution in [2.45, 2.75) is 67.1 Å². The summed E-state index contributed by atoms with van der Waals surface area (Å²) in [5, 5.41) is 66.0. The molecule has 0 bridgehead atoms. The fourth-order valence-corrected chi connectivity index (χ4v) is 9.74. The van der Waals surface area contributed by atoms with Crippen molar-refractivity contribution in [3.63, 3.8) is 0 Å². The first-order valence-corrected chi connectivity index (χ1v) is 25.1. The van der Waals surface area contributed by atoms with Crippen molar-refractivity contribution < 1.29 is 56.4 Å². The fourth-order valence-electron chi connectivity index (χ4n) is 7.49. The quantitative estimate of drug-likeness (QED) is 0.0422. The monoisotopic (exact) mass is 1000 g/mol. The number of nitrogens with zero attached hydrogens (tertiary/aromatic N) is 5. The molecule has 11 N–H and O–H groups in total. The van der Waals surface area contributed by atoms with Gasteiger partial charge in [0.2, 0.25) is 23.6 Å². The van der Waals surface area contributed by atoms with Crippen LogP contribution in [-0.4, -0.2) is 121 Å². The zero-order valence-electron chi connectivity index (χ0n) is 37.9. The summed E-state index contributed by atoms with van der Waals surface area (Å²) in [6, 6.07) is 18.6. The molecule has 4 amide bonds. The van der Waals surface area contributed by atoms with Crippen molar-refractivity contribution in [1.82, 2.24) is 20.9 Å². The molecule has 1 aliphatic heterocycles. The van der Waals surface area contributed by atoms with Gasteiger partial charge in [-0.3, -0.25) is 19.2 Å². The highest BCUT2D eigenvalue weighted by atomic mass is 32.2. The van der Waals surface area contributed by atoms with Crippen LogP contribution in [0.25, 0.3) is 10.8 Å². The molecule has 0 saturated carbocycles. The van der Waals surface area contributed by atoms with E-state index in [0.717, 1.165) is 0 Å². The number of benzene rings is 5. The van der Waals surface area contributed by atoms with Crippen LogP contribution in [0.4, 0.5) is 28.4 Å².